The zero-order valence-electron chi connectivity index (χ0n) is 8.05. The van der Waals surface area contributed by atoms with Gasteiger partial charge in [-0.25, -0.2) is 0 Å². The SMILES string of the molecule is COc1cnc2c(c1)CCCCC2. The number of aryl methyl sites for hydroxylation is 2. The van der Waals surface area contributed by atoms with Crippen LogP contribution in [0.4, 0.5) is 0 Å². The maximum Gasteiger partial charge on any atom is 0.137 e. The highest BCUT2D eigenvalue weighted by Gasteiger charge is 2.09. The van der Waals surface area contributed by atoms with Crippen molar-refractivity contribution in [2.24, 2.45) is 0 Å². The number of rotatable bonds is 1. The average molecular weight is 177 g/mol. The molecule has 0 aromatic carbocycles. The molecule has 0 saturated heterocycles. The predicted molar refractivity (Wildman–Crippen MR) is 52.0 cm³/mol. The Kier molecular flexibility index (Phi) is 2.48. The highest BCUT2D eigenvalue weighted by Crippen LogP contribution is 2.22. The molecule has 0 atom stereocenters. The summed E-state index contributed by atoms with van der Waals surface area (Å²) in [6.07, 6.45) is 8.04. The van der Waals surface area contributed by atoms with Crippen molar-refractivity contribution in [1.29, 1.82) is 0 Å². The third-order valence-corrected chi connectivity index (χ3v) is 2.63. The van der Waals surface area contributed by atoms with Gasteiger partial charge >= 0.3 is 0 Å². The largest absolute Gasteiger partial charge is 0.495 e. The highest BCUT2D eigenvalue weighted by atomic mass is 16.5. The number of methoxy groups -OCH3 is 1. The van der Waals surface area contributed by atoms with Crippen LogP contribution in [0.15, 0.2) is 12.3 Å². The molecule has 0 saturated carbocycles. The Bertz CT molecular complexity index is 296. The zero-order valence-corrected chi connectivity index (χ0v) is 8.05. The number of fused-ring (bicyclic) bond motifs is 1. The van der Waals surface area contributed by atoms with E-state index in [1.54, 1.807) is 7.11 Å². The van der Waals surface area contributed by atoms with Crippen LogP contribution in [0.1, 0.15) is 30.5 Å². The predicted octanol–water partition coefficient (Wildman–Crippen LogP) is 2.36. The summed E-state index contributed by atoms with van der Waals surface area (Å²) < 4.78 is 5.16. The van der Waals surface area contributed by atoms with Gasteiger partial charge in [0.2, 0.25) is 0 Å². The quantitative estimate of drug-likeness (QED) is 0.614. The molecule has 1 aliphatic rings. The molecule has 2 heteroatoms. The first-order valence-corrected chi connectivity index (χ1v) is 4.92. The second-order valence-corrected chi connectivity index (χ2v) is 3.54. The summed E-state index contributed by atoms with van der Waals surface area (Å²) in [5.41, 5.74) is 2.66. The van der Waals surface area contributed by atoms with Gasteiger partial charge in [0.1, 0.15) is 5.75 Å². The van der Waals surface area contributed by atoms with E-state index >= 15 is 0 Å². The molecule has 13 heavy (non-hydrogen) atoms. The standard InChI is InChI=1S/C11H15NO/c1-13-10-7-9-5-3-2-4-6-11(9)12-8-10/h7-8H,2-6H2,1H3. The minimum Gasteiger partial charge on any atom is -0.495 e. The Labute approximate surface area is 78.9 Å². The number of hydrogen-bond donors (Lipinski definition) is 0. The molecule has 2 rings (SSSR count). The van der Waals surface area contributed by atoms with Gasteiger partial charge in [0.15, 0.2) is 0 Å². The van der Waals surface area contributed by atoms with Gasteiger partial charge in [-0.3, -0.25) is 4.98 Å². The van der Waals surface area contributed by atoms with Crippen LogP contribution in [-0.2, 0) is 12.8 Å². The Hall–Kier alpha value is -1.05. The summed E-state index contributed by atoms with van der Waals surface area (Å²) in [5.74, 6) is 0.889. The third kappa shape index (κ3) is 1.82. The van der Waals surface area contributed by atoms with Crippen molar-refractivity contribution in [3.05, 3.63) is 23.5 Å². The second-order valence-electron chi connectivity index (χ2n) is 3.54. The van der Waals surface area contributed by atoms with Gasteiger partial charge in [0.05, 0.1) is 13.3 Å². The maximum atomic E-state index is 5.16. The van der Waals surface area contributed by atoms with Crippen molar-refractivity contribution in [1.82, 2.24) is 4.98 Å². The number of nitrogens with zero attached hydrogens (tertiary/aromatic N) is 1. The summed E-state index contributed by atoms with van der Waals surface area (Å²) in [6.45, 7) is 0. The van der Waals surface area contributed by atoms with Gasteiger partial charge in [-0.15, -0.1) is 0 Å². The molecule has 0 N–H and O–H groups in total. The Morgan fingerprint density at radius 3 is 2.92 bits per heavy atom. The van der Waals surface area contributed by atoms with Crippen LogP contribution < -0.4 is 4.74 Å². The normalized spacial score (nSPS) is 16.1. The van der Waals surface area contributed by atoms with E-state index in [4.69, 9.17) is 4.74 Å². The molecule has 0 amide bonds. The molecule has 70 valence electrons. The lowest BCUT2D eigenvalue weighted by Crippen LogP contribution is -1.96. The molecule has 0 spiro atoms. The third-order valence-electron chi connectivity index (χ3n) is 2.63. The summed E-state index contributed by atoms with van der Waals surface area (Å²) in [7, 11) is 1.69. The van der Waals surface area contributed by atoms with Gasteiger partial charge < -0.3 is 4.74 Å². The Balaban J connectivity index is 2.32. The molecular weight excluding hydrogens is 162 g/mol. The van der Waals surface area contributed by atoms with Crippen LogP contribution in [0.3, 0.4) is 0 Å². The van der Waals surface area contributed by atoms with E-state index in [1.165, 1.54) is 36.9 Å². The fourth-order valence-corrected chi connectivity index (χ4v) is 1.85. The molecule has 2 nitrogen and oxygen atoms in total. The first-order chi connectivity index (χ1) is 6.40. The van der Waals surface area contributed by atoms with E-state index < -0.39 is 0 Å². The molecule has 0 radical (unpaired) electrons. The van der Waals surface area contributed by atoms with E-state index in [9.17, 15) is 0 Å². The second kappa shape index (κ2) is 3.77. The fraction of sp³-hybridized carbons (Fsp3) is 0.545. The fourth-order valence-electron chi connectivity index (χ4n) is 1.85. The van der Waals surface area contributed by atoms with Crippen LogP contribution in [0.5, 0.6) is 5.75 Å². The summed E-state index contributed by atoms with van der Waals surface area (Å²) in [4.78, 5) is 4.43. The molecule has 1 aliphatic carbocycles. The van der Waals surface area contributed by atoms with Gasteiger partial charge in [0.25, 0.3) is 0 Å². The van der Waals surface area contributed by atoms with Crippen molar-refractivity contribution >= 4 is 0 Å². The summed E-state index contributed by atoms with van der Waals surface area (Å²) in [6, 6.07) is 2.13. The van der Waals surface area contributed by atoms with Gasteiger partial charge in [-0.05, 0) is 37.3 Å². The van der Waals surface area contributed by atoms with E-state index in [0.717, 1.165) is 12.2 Å². The minimum absolute atomic E-state index is 0.889. The average Bonchev–Trinajstić information content (AvgIpc) is 2.41. The Morgan fingerprint density at radius 2 is 2.08 bits per heavy atom. The lowest BCUT2D eigenvalue weighted by Gasteiger charge is -2.06. The van der Waals surface area contributed by atoms with Crippen molar-refractivity contribution in [2.45, 2.75) is 32.1 Å². The van der Waals surface area contributed by atoms with Gasteiger partial charge in [-0.1, -0.05) is 6.42 Å². The van der Waals surface area contributed by atoms with Crippen molar-refractivity contribution in [3.63, 3.8) is 0 Å². The molecule has 0 aliphatic heterocycles. The van der Waals surface area contributed by atoms with Gasteiger partial charge in [0, 0.05) is 5.69 Å². The minimum atomic E-state index is 0.889. The van der Waals surface area contributed by atoms with E-state index in [0.29, 0.717) is 0 Å². The number of aromatic nitrogens is 1. The topological polar surface area (TPSA) is 22.1 Å². The number of ether oxygens (including phenoxy) is 1. The van der Waals surface area contributed by atoms with Crippen LogP contribution in [-0.4, -0.2) is 12.1 Å². The van der Waals surface area contributed by atoms with E-state index in [-0.39, 0.29) is 0 Å². The maximum absolute atomic E-state index is 5.16. The van der Waals surface area contributed by atoms with Gasteiger partial charge in [-0.2, -0.15) is 0 Å². The summed E-state index contributed by atoms with van der Waals surface area (Å²) >= 11 is 0. The molecular formula is C11H15NO. The smallest absolute Gasteiger partial charge is 0.137 e. The molecule has 1 heterocycles. The number of hydrogen-bond acceptors (Lipinski definition) is 2. The molecule has 1 aromatic heterocycles. The first-order valence-electron chi connectivity index (χ1n) is 4.92. The number of pyridine rings is 1. The molecule has 0 bridgehead atoms. The molecule has 0 fully saturated rings. The monoisotopic (exact) mass is 177 g/mol. The van der Waals surface area contributed by atoms with Crippen LogP contribution >= 0.6 is 0 Å². The highest BCUT2D eigenvalue weighted by molar-refractivity contribution is 5.30. The van der Waals surface area contributed by atoms with Crippen molar-refractivity contribution in [2.75, 3.05) is 7.11 Å². The molecule has 1 aromatic rings. The van der Waals surface area contributed by atoms with Crippen molar-refractivity contribution < 1.29 is 4.74 Å². The lowest BCUT2D eigenvalue weighted by atomic mass is 10.1. The lowest BCUT2D eigenvalue weighted by molar-refractivity contribution is 0.412. The molecule has 0 unspecified atom stereocenters. The first kappa shape index (κ1) is 8.54. The van der Waals surface area contributed by atoms with Crippen LogP contribution in [0.25, 0.3) is 0 Å². The van der Waals surface area contributed by atoms with Crippen LogP contribution in [0.2, 0.25) is 0 Å². The van der Waals surface area contributed by atoms with Crippen LogP contribution in [0, 0.1) is 0 Å². The van der Waals surface area contributed by atoms with Crippen molar-refractivity contribution in [3.8, 4) is 5.75 Å². The Morgan fingerprint density at radius 1 is 1.23 bits per heavy atom. The summed E-state index contributed by atoms with van der Waals surface area (Å²) in [5, 5.41) is 0. The van der Waals surface area contributed by atoms with E-state index in [1.807, 2.05) is 6.20 Å². The van der Waals surface area contributed by atoms with E-state index in [2.05, 4.69) is 11.1 Å². The zero-order chi connectivity index (χ0) is 9.10.